The molecule has 0 unspecified atom stereocenters. The molecule has 1 aliphatic heterocycles. The Bertz CT molecular complexity index is 3060. The molecule has 0 radical (unpaired) electrons. The van der Waals surface area contributed by atoms with Crippen LogP contribution in [0.5, 0.6) is 11.5 Å². The van der Waals surface area contributed by atoms with Crippen LogP contribution in [0.15, 0.2) is 180 Å². The van der Waals surface area contributed by atoms with Gasteiger partial charge in [-0.15, -0.1) is 0 Å². The molecular weight excluding hydrogens is 635 g/mol. The fraction of sp³-hybridized carbons (Fsp3) is 0.0204. The van der Waals surface area contributed by atoms with Gasteiger partial charge in [0.1, 0.15) is 22.7 Å². The second-order valence-electron chi connectivity index (χ2n) is 14.0. The normalized spacial score (nSPS) is 13.7. The van der Waals surface area contributed by atoms with Crippen molar-refractivity contribution in [2.75, 3.05) is 0 Å². The second kappa shape index (κ2) is 10.1. The van der Waals surface area contributed by atoms with E-state index in [1.54, 1.807) is 0 Å². The predicted octanol–water partition coefficient (Wildman–Crippen LogP) is 12.8. The van der Waals surface area contributed by atoms with Crippen LogP contribution >= 0.6 is 0 Å². The van der Waals surface area contributed by atoms with Gasteiger partial charge in [0, 0.05) is 38.4 Å². The molecule has 8 aromatic carbocycles. The van der Waals surface area contributed by atoms with Gasteiger partial charge < -0.3 is 13.7 Å². The molecule has 0 saturated heterocycles. The first-order valence-corrected chi connectivity index (χ1v) is 17.8. The first-order chi connectivity index (χ1) is 25.8. The van der Waals surface area contributed by atoms with Crippen LogP contribution in [0, 0.1) is 0 Å². The third kappa shape index (κ3) is 3.54. The van der Waals surface area contributed by atoms with Gasteiger partial charge in [-0.25, -0.2) is 0 Å². The Morgan fingerprint density at radius 1 is 0.385 bits per heavy atom. The lowest BCUT2D eigenvalue weighted by atomic mass is 9.65. The lowest BCUT2D eigenvalue weighted by Gasteiger charge is -2.39. The molecule has 52 heavy (non-hydrogen) atoms. The minimum absolute atomic E-state index is 0.591. The van der Waals surface area contributed by atoms with Crippen molar-refractivity contribution in [2.24, 2.45) is 0 Å². The Morgan fingerprint density at radius 2 is 1.02 bits per heavy atom. The summed E-state index contributed by atoms with van der Waals surface area (Å²) in [5.41, 5.74) is 14.4. The van der Waals surface area contributed by atoms with E-state index in [1.165, 1.54) is 55.2 Å². The van der Waals surface area contributed by atoms with Gasteiger partial charge in [-0.1, -0.05) is 109 Å². The topological polar surface area (TPSA) is 27.3 Å². The molecule has 2 aliphatic rings. The van der Waals surface area contributed by atoms with Gasteiger partial charge in [-0.2, -0.15) is 0 Å². The van der Waals surface area contributed by atoms with E-state index >= 15 is 0 Å². The van der Waals surface area contributed by atoms with Crippen molar-refractivity contribution in [2.45, 2.75) is 5.41 Å². The maximum atomic E-state index is 6.66. The first-order valence-electron chi connectivity index (χ1n) is 17.8. The standard InChI is InChI=1S/C49H29NO2/c1-2-12-32(13-3-1)50-43-18-8-4-14-34(43)37-26-30(23-25-44(37)50)31-22-24-33-36-29-48-38(35-15-5-9-19-45(35)51-48)28-42(36)49(41(33)27-31)39-16-6-10-20-46(39)52-47-21-11-7-17-40(47)49/h1-29H. The number of hydrogen-bond acceptors (Lipinski definition) is 2. The number of para-hydroxylation sites is 5. The first kappa shape index (κ1) is 27.9. The average molecular weight is 664 g/mol. The van der Waals surface area contributed by atoms with Crippen LogP contribution in [-0.2, 0) is 5.41 Å². The number of nitrogens with zero attached hydrogens (tertiary/aromatic N) is 1. The minimum Gasteiger partial charge on any atom is -0.457 e. The molecule has 12 rings (SSSR count). The quantitative estimate of drug-likeness (QED) is 0.184. The highest BCUT2D eigenvalue weighted by molar-refractivity contribution is 6.11. The molecule has 0 amide bonds. The maximum Gasteiger partial charge on any atom is 0.136 e. The highest BCUT2D eigenvalue weighted by Crippen LogP contribution is 2.63. The van der Waals surface area contributed by atoms with Crippen LogP contribution < -0.4 is 4.74 Å². The molecule has 0 saturated carbocycles. The Balaban J connectivity index is 1.15. The number of aromatic nitrogens is 1. The molecule has 10 aromatic rings. The van der Waals surface area contributed by atoms with Gasteiger partial charge in [-0.3, -0.25) is 0 Å². The van der Waals surface area contributed by atoms with E-state index in [1.807, 2.05) is 6.07 Å². The fourth-order valence-corrected chi connectivity index (χ4v) is 9.30. The van der Waals surface area contributed by atoms with Crippen LogP contribution in [0.1, 0.15) is 22.3 Å². The maximum absolute atomic E-state index is 6.66. The van der Waals surface area contributed by atoms with E-state index in [2.05, 4.69) is 174 Å². The van der Waals surface area contributed by atoms with E-state index in [0.29, 0.717) is 0 Å². The molecule has 242 valence electrons. The summed E-state index contributed by atoms with van der Waals surface area (Å²) in [6.07, 6.45) is 0. The molecule has 2 aromatic heterocycles. The molecule has 3 heteroatoms. The highest BCUT2D eigenvalue weighted by Gasteiger charge is 2.51. The zero-order chi connectivity index (χ0) is 34.0. The zero-order valence-corrected chi connectivity index (χ0v) is 28.0. The zero-order valence-electron chi connectivity index (χ0n) is 28.0. The van der Waals surface area contributed by atoms with Crippen LogP contribution in [0.4, 0.5) is 0 Å². The smallest absolute Gasteiger partial charge is 0.136 e. The summed E-state index contributed by atoms with van der Waals surface area (Å²) in [5.74, 6) is 1.77. The van der Waals surface area contributed by atoms with E-state index in [4.69, 9.17) is 9.15 Å². The van der Waals surface area contributed by atoms with Crippen LogP contribution in [0.25, 0.3) is 71.7 Å². The minimum atomic E-state index is -0.591. The second-order valence-corrected chi connectivity index (χ2v) is 14.0. The molecule has 3 nitrogen and oxygen atoms in total. The largest absolute Gasteiger partial charge is 0.457 e. The summed E-state index contributed by atoms with van der Waals surface area (Å²) in [4.78, 5) is 0. The third-order valence-corrected chi connectivity index (χ3v) is 11.5. The summed E-state index contributed by atoms with van der Waals surface area (Å²) in [6.45, 7) is 0. The molecule has 0 bridgehead atoms. The number of hydrogen-bond donors (Lipinski definition) is 0. The Morgan fingerprint density at radius 3 is 1.85 bits per heavy atom. The number of ether oxygens (including phenoxy) is 1. The van der Waals surface area contributed by atoms with Gasteiger partial charge in [0.2, 0.25) is 0 Å². The van der Waals surface area contributed by atoms with E-state index in [0.717, 1.165) is 50.3 Å². The van der Waals surface area contributed by atoms with Gasteiger partial charge in [-0.05, 0) is 100 Å². The van der Waals surface area contributed by atoms with Crippen LogP contribution in [-0.4, -0.2) is 4.57 Å². The van der Waals surface area contributed by atoms with Gasteiger partial charge in [0.25, 0.3) is 0 Å². The van der Waals surface area contributed by atoms with Crippen molar-refractivity contribution in [3.05, 3.63) is 198 Å². The van der Waals surface area contributed by atoms with Crippen molar-refractivity contribution < 1.29 is 9.15 Å². The number of benzene rings is 8. The molecule has 1 aliphatic carbocycles. The average Bonchev–Trinajstić information content (AvgIpc) is 3.83. The SMILES string of the molecule is c1ccc(-n2c3ccccc3c3cc(-c4ccc5c(c4)C4(c6ccccc6Oc6ccccc64)c4cc6c(cc4-5)oc4ccccc46)ccc32)cc1. The number of furan rings is 1. The van der Waals surface area contributed by atoms with Crippen molar-refractivity contribution in [1.82, 2.24) is 4.57 Å². The van der Waals surface area contributed by atoms with Gasteiger partial charge >= 0.3 is 0 Å². The number of rotatable bonds is 2. The molecule has 0 atom stereocenters. The molecule has 1 spiro atoms. The van der Waals surface area contributed by atoms with Crippen molar-refractivity contribution >= 4 is 43.7 Å². The van der Waals surface area contributed by atoms with Crippen LogP contribution in [0.3, 0.4) is 0 Å². The molecular formula is C49H29NO2. The Labute approximate surface area is 299 Å². The summed E-state index contributed by atoms with van der Waals surface area (Å²) in [7, 11) is 0. The van der Waals surface area contributed by atoms with E-state index in [-0.39, 0.29) is 0 Å². The third-order valence-electron chi connectivity index (χ3n) is 11.5. The van der Waals surface area contributed by atoms with Gasteiger partial charge in [0.15, 0.2) is 0 Å². The van der Waals surface area contributed by atoms with Crippen LogP contribution in [0.2, 0.25) is 0 Å². The highest BCUT2D eigenvalue weighted by atomic mass is 16.5. The Kier molecular flexibility index (Phi) is 5.43. The fourth-order valence-electron chi connectivity index (χ4n) is 9.30. The molecule has 0 fully saturated rings. The van der Waals surface area contributed by atoms with Crippen molar-refractivity contribution in [3.8, 4) is 39.4 Å². The van der Waals surface area contributed by atoms with E-state index < -0.39 is 5.41 Å². The summed E-state index contributed by atoms with van der Waals surface area (Å²) in [5, 5.41) is 4.74. The van der Waals surface area contributed by atoms with Gasteiger partial charge in [0.05, 0.1) is 16.4 Å². The lowest BCUT2D eigenvalue weighted by molar-refractivity contribution is 0.436. The molecule has 0 N–H and O–H groups in total. The number of fused-ring (bicyclic) bond motifs is 15. The summed E-state index contributed by atoms with van der Waals surface area (Å²) < 4.78 is 15.5. The van der Waals surface area contributed by atoms with Crippen molar-refractivity contribution in [3.63, 3.8) is 0 Å². The predicted molar refractivity (Wildman–Crippen MR) is 211 cm³/mol. The van der Waals surface area contributed by atoms with E-state index in [9.17, 15) is 0 Å². The van der Waals surface area contributed by atoms with Crippen molar-refractivity contribution in [1.29, 1.82) is 0 Å². The monoisotopic (exact) mass is 663 g/mol. The summed E-state index contributed by atoms with van der Waals surface area (Å²) >= 11 is 0. The Hall–Kier alpha value is -6.84. The molecule has 3 heterocycles. The lowest BCUT2D eigenvalue weighted by Crippen LogP contribution is -2.32. The summed E-state index contributed by atoms with van der Waals surface area (Å²) in [6, 6.07) is 63.5.